The minimum Gasteiger partial charge on any atom is -0.492 e. The van der Waals surface area contributed by atoms with Crippen LogP contribution in [0, 0.1) is 0 Å². The van der Waals surface area contributed by atoms with Crippen LogP contribution in [0.5, 0.6) is 11.5 Å². The van der Waals surface area contributed by atoms with Gasteiger partial charge in [0.1, 0.15) is 18.1 Å². The van der Waals surface area contributed by atoms with Gasteiger partial charge >= 0.3 is 6.18 Å². The van der Waals surface area contributed by atoms with Crippen LogP contribution in [0.1, 0.15) is 24.2 Å². The fraction of sp³-hybridized carbons (Fsp3) is 0.286. The van der Waals surface area contributed by atoms with Crippen molar-refractivity contribution in [3.05, 3.63) is 60.3 Å². The number of halogens is 3. The molecule has 0 N–H and O–H groups in total. The molecule has 0 aliphatic heterocycles. The van der Waals surface area contributed by atoms with E-state index < -0.39 is 12.0 Å². The minimum atomic E-state index is -4.91. The van der Waals surface area contributed by atoms with E-state index in [1.54, 1.807) is 47.0 Å². The number of alkyl halides is 3. The number of benzene rings is 2. The molecule has 2 aromatic carbocycles. The minimum absolute atomic E-state index is 0.0717. The average Bonchev–Trinajstić information content (AvgIpc) is 3.00. The van der Waals surface area contributed by atoms with E-state index in [1.165, 1.54) is 12.3 Å². The topological polar surface area (TPSA) is 40.5 Å². The summed E-state index contributed by atoms with van der Waals surface area (Å²) in [4.78, 5) is 11.7. The largest absolute Gasteiger partial charge is 0.492 e. The first-order valence-corrected chi connectivity index (χ1v) is 8.84. The Kier molecular flexibility index (Phi) is 5.63. The Morgan fingerprint density at radius 3 is 2.32 bits per heavy atom. The molecule has 28 heavy (non-hydrogen) atoms. The number of hydrogen-bond donors (Lipinski definition) is 0. The van der Waals surface area contributed by atoms with Gasteiger partial charge in [-0.15, -0.1) is 0 Å². The lowest BCUT2D eigenvalue weighted by Gasteiger charge is -2.11. The Morgan fingerprint density at radius 1 is 1.04 bits per heavy atom. The standard InChI is InChI=1S/C21H20F3NO3/c1-14(2)28-16-9-7-15(8-10-16)27-12-11-25-13-18(20(26)21(22,23)24)17-5-3-4-6-19(17)25/h3-10,13-14H,11-12H2,1-2H3. The molecule has 148 valence electrons. The number of hydrogen-bond acceptors (Lipinski definition) is 3. The number of para-hydroxylation sites is 1. The second-order valence-electron chi connectivity index (χ2n) is 6.57. The number of nitrogens with zero attached hydrogens (tertiary/aromatic N) is 1. The Hall–Kier alpha value is -2.96. The Labute approximate surface area is 160 Å². The summed E-state index contributed by atoms with van der Waals surface area (Å²) in [6.07, 6.45) is -3.60. The first kappa shape index (κ1) is 19.8. The number of carbonyl (C=O) groups is 1. The van der Waals surface area contributed by atoms with Crippen molar-refractivity contribution < 1.29 is 27.4 Å². The van der Waals surface area contributed by atoms with Crippen molar-refractivity contribution in [2.45, 2.75) is 32.7 Å². The third-order valence-electron chi connectivity index (χ3n) is 4.09. The van der Waals surface area contributed by atoms with Gasteiger partial charge in [-0.05, 0) is 44.2 Å². The predicted octanol–water partition coefficient (Wildman–Crippen LogP) is 5.25. The van der Waals surface area contributed by atoms with E-state index in [1.807, 2.05) is 13.8 Å². The first-order chi connectivity index (χ1) is 13.3. The molecule has 7 heteroatoms. The Balaban J connectivity index is 1.72. The van der Waals surface area contributed by atoms with Gasteiger partial charge in [0.15, 0.2) is 0 Å². The quantitative estimate of drug-likeness (QED) is 0.517. The van der Waals surface area contributed by atoms with Crippen molar-refractivity contribution in [3.63, 3.8) is 0 Å². The molecule has 0 spiro atoms. The summed E-state index contributed by atoms with van der Waals surface area (Å²) in [7, 11) is 0. The molecular weight excluding hydrogens is 371 g/mol. The van der Waals surface area contributed by atoms with E-state index in [2.05, 4.69) is 0 Å². The molecule has 0 unspecified atom stereocenters. The fourth-order valence-corrected chi connectivity index (χ4v) is 2.91. The zero-order valence-electron chi connectivity index (χ0n) is 15.5. The average molecular weight is 391 g/mol. The van der Waals surface area contributed by atoms with Gasteiger partial charge in [-0.25, -0.2) is 0 Å². The maximum Gasteiger partial charge on any atom is 0.454 e. The maximum atomic E-state index is 12.9. The number of ketones is 1. The van der Waals surface area contributed by atoms with Crippen LogP contribution >= 0.6 is 0 Å². The first-order valence-electron chi connectivity index (χ1n) is 8.84. The molecular formula is C21H20F3NO3. The van der Waals surface area contributed by atoms with E-state index in [9.17, 15) is 18.0 Å². The third kappa shape index (κ3) is 4.47. The summed E-state index contributed by atoms with van der Waals surface area (Å²) in [6, 6.07) is 13.6. The van der Waals surface area contributed by atoms with E-state index >= 15 is 0 Å². The van der Waals surface area contributed by atoms with Crippen LogP contribution in [0.15, 0.2) is 54.7 Å². The van der Waals surface area contributed by atoms with Crippen molar-refractivity contribution >= 4 is 16.7 Å². The van der Waals surface area contributed by atoms with E-state index in [4.69, 9.17) is 9.47 Å². The van der Waals surface area contributed by atoms with Crippen molar-refractivity contribution in [3.8, 4) is 11.5 Å². The van der Waals surface area contributed by atoms with Crippen LogP contribution in [0.3, 0.4) is 0 Å². The van der Waals surface area contributed by atoms with E-state index in [0.717, 1.165) is 5.75 Å². The van der Waals surface area contributed by atoms with Crippen molar-refractivity contribution in [1.29, 1.82) is 0 Å². The van der Waals surface area contributed by atoms with E-state index in [0.29, 0.717) is 17.8 Å². The van der Waals surface area contributed by atoms with Gasteiger partial charge in [0.2, 0.25) is 0 Å². The Bertz CT molecular complexity index is 959. The van der Waals surface area contributed by atoms with Gasteiger partial charge in [0, 0.05) is 17.1 Å². The molecule has 0 aliphatic rings. The second-order valence-corrected chi connectivity index (χ2v) is 6.57. The molecule has 3 aromatic rings. The molecule has 0 bridgehead atoms. The summed E-state index contributed by atoms with van der Waals surface area (Å²) >= 11 is 0. The van der Waals surface area contributed by atoms with Gasteiger partial charge in [0.25, 0.3) is 5.78 Å². The monoisotopic (exact) mass is 391 g/mol. The highest BCUT2D eigenvalue weighted by atomic mass is 19.4. The maximum absolute atomic E-state index is 12.9. The highest BCUT2D eigenvalue weighted by Crippen LogP contribution is 2.28. The summed E-state index contributed by atoms with van der Waals surface area (Å²) < 4.78 is 51.4. The molecule has 0 saturated heterocycles. The summed E-state index contributed by atoms with van der Waals surface area (Å²) in [5, 5.41) is 0.278. The Morgan fingerprint density at radius 2 is 1.68 bits per heavy atom. The number of carbonyl (C=O) groups excluding carboxylic acids is 1. The zero-order chi connectivity index (χ0) is 20.3. The summed E-state index contributed by atoms with van der Waals surface area (Å²) in [6.45, 7) is 4.41. The molecule has 0 saturated carbocycles. The van der Waals surface area contributed by atoms with Gasteiger partial charge in [0.05, 0.1) is 18.2 Å². The van der Waals surface area contributed by atoms with Crippen LogP contribution in [-0.4, -0.2) is 29.2 Å². The van der Waals surface area contributed by atoms with Gasteiger partial charge in [-0.1, -0.05) is 18.2 Å². The van der Waals surface area contributed by atoms with Gasteiger partial charge < -0.3 is 14.0 Å². The molecule has 0 atom stereocenters. The molecule has 0 fully saturated rings. The molecule has 1 heterocycles. The van der Waals surface area contributed by atoms with Crippen LogP contribution < -0.4 is 9.47 Å². The summed E-state index contributed by atoms with van der Waals surface area (Å²) in [5.41, 5.74) is 0.206. The number of fused-ring (bicyclic) bond motifs is 1. The number of aromatic nitrogens is 1. The van der Waals surface area contributed by atoms with E-state index in [-0.39, 0.29) is 23.7 Å². The van der Waals surface area contributed by atoms with Crippen molar-refractivity contribution in [2.24, 2.45) is 0 Å². The number of Topliss-reactive ketones (excluding diaryl/α,β-unsaturated/α-hetero) is 1. The van der Waals surface area contributed by atoms with Crippen LogP contribution in [0.25, 0.3) is 10.9 Å². The number of ether oxygens (including phenoxy) is 2. The van der Waals surface area contributed by atoms with Crippen LogP contribution in [-0.2, 0) is 6.54 Å². The highest BCUT2D eigenvalue weighted by molar-refractivity contribution is 6.10. The fourth-order valence-electron chi connectivity index (χ4n) is 2.91. The molecule has 0 aliphatic carbocycles. The molecule has 1 aromatic heterocycles. The van der Waals surface area contributed by atoms with Gasteiger partial charge in [-0.3, -0.25) is 4.79 Å². The normalized spacial score (nSPS) is 11.8. The summed E-state index contributed by atoms with van der Waals surface area (Å²) in [5.74, 6) is -0.489. The van der Waals surface area contributed by atoms with Crippen molar-refractivity contribution in [1.82, 2.24) is 4.57 Å². The van der Waals surface area contributed by atoms with Crippen LogP contribution in [0.4, 0.5) is 13.2 Å². The smallest absolute Gasteiger partial charge is 0.454 e. The lowest BCUT2D eigenvalue weighted by atomic mass is 10.1. The molecule has 3 rings (SSSR count). The molecule has 0 radical (unpaired) electrons. The predicted molar refractivity (Wildman–Crippen MR) is 100 cm³/mol. The molecule has 4 nitrogen and oxygen atoms in total. The highest BCUT2D eigenvalue weighted by Gasteiger charge is 2.40. The molecule has 0 amide bonds. The SMILES string of the molecule is CC(C)Oc1ccc(OCCn2cc(C(=O)C(F)(F)F)c3ccccc32)cc1. The zero-order valence-corrected chi connectivity index (χ0v) is 15.5. The van der Waals surface area contributed by atoms with Gasteiger partial charge in [-0.2, -0.15) is 13.2 Å². The number of rotatable bonds is 7. The second kappa shape index (κ2) is 7.96. The third-order valence-corrected chi connectivity index (χ3v) is 4.09. The van der Waals surface area contributed by atoms with Crippen molar-refractivity contribution in [2.75, 3.05) is 6.61 Å². The lowest BCUT2D eigenvalue weighted by Crippen LogP contribution is -2.22. The van der Waals surface area contributed by atoms with Crippen LogP contribution in [0.2, 0.25) is 0 Å². The lowest BCUT2D eigenvalue weighted by molar-refractivity contribution is -0.0884.